The molecular weight excluding hydrogens is 354 g/mol. The van der Waals surface area contributed by atoms with Crippen molar-refractivity contribution in [2.45, 2.75) is 6.42 Å². The second kappa shape index (κ2) is 8.05. The lowest BCUT2D eigenvalue weighted by atomic mass is 10.1. The summed E-state index contributed by atoms with van der Waals surface area (Å²) < 4.78 is 6.50. The fourth-order valence-corrected chi connectivity index (χ4v) is 2.13. The zero-order valence-corrected chi connectivity index (χ0v) is 13.7. The van der Waals surface area contributed by atoms with Gasteiger partial charge in [0.15, 0.2) is 0 Å². The normalized spacial score (nSPS) is 10.2. The zero-order chi connectivity index (χ0) is 15.1. The molecule has 0 heterocycles. The van der Waals surface area contributed by atoms with Gasteiger partial charge in [-0.15, -0.1) is 0 Å². The molecule has 2 aromatic carbocycles. The van der Waals surface area contributed by atoms with E-state index in [4.69, 9.17) is 16.3 Å². The fourth-order valence-electron chi connectivity index (χ4n) is 1.74. The first kappa shape index (κ1) is 15.9. The molecule has 2 rings (SSSR count). The van der Waals surface area contributed by atoms with Gasteiger partial charge in [0.25, 0.3) is 0 Å². The molecule has 0 aromatic heterocycles. The second-order valence-corrected chi connectivity index (χ2v) is 5.81. The maximum Gasteiger partial charge on any atom is 0.224 e. The highest BCUT2D eigenvalue weighted by Crippen LogP contribution is 2.15. The largest absolute Gasteiger partial charge is 0.492 e. The molecule has 1 N–H and O–H groups in total. The molecule has 0 unspecified atom stereocenters. The van der Waals surface area contributed by atoms with Crippen molar-refractivity contribution in [2.24, 2.45) is 0 Å². The highest BCUT2D eigenvalue weighted by atomic mass is 79.9. The molecule has 0 fully saturated rings. The van der Waals surface area contributed by atoms with E-state index < -0.39 is 0 Å². The third-order valence-corrected chi connectivity index (χ3v) is 3.57. The molecular formula is C16H15BrClNO2. The molecule has 0 bridgehead atoms. The number of benzene rings is 2. The highest BCUT2D eigenvalue weighted by Gasteiger charge is 2.03. The molecule has 0 aliphatic heterocycles. The summed E-state index contributed by atoms with van der Waals surface area (Å²) in [5, 5.41) is 3.50. The number of halogens is 2. The van der Waals surface area contributed by atoms with Crippen molar-refractivity contribution in [3.05, 3.63) is 63.6 Å². The van der Waals surface area contributed by atoms with E-state index in [1.165, 1.54) is 0 Å². The van der Waals surface area contributed by atoms with Crippen LogP contribution in [0.25, 0.3) is 0 Å². The molecule has 0 spiro atoms. The van der Waals surface area contributed by atoms with E-state index in [9.17, 15) is 4.79 Å². The number of carbonyl (C=O) groups is 1. The Bertz CT molecular complexity index is 584. The van der Waals surface area contributed by atoms with E-state index in [-0.39, 0.29) is 5.91 Å². The molecule has 2 aromatic rings. The first-order chi connectivity index (χ1) is 10.1. The number of amides is 1. The van der Waals surface area contributed by atoms with Crippen molar-refractivity contribution < 1.29 is 9.53 Å². The van der Waals surface area contributed by atoms with Crippen LogP contribution in [-0.4, -0.2) is 19.1 Å². The molecule has 0 aliphatic carbocycles. The Morgan fingerprint density at radius 3 is 2.43 bits per heavy atom. The van der Waals surface area contributed by atoms with E-state index in [2.05, 4.69) is 21.2 Å². The van der Waals surface area contributed by atoms with Crippen molar-refractivity contribution in [3.63, 3.8) is 0 Å². The molecule has 21 heavy (non-hydrogen) atoms. The Hall–Kier alpha value is -1.52. The summed E-state index contributed by atoms with van der Waals surface area (Å²) >= 11 is 9.15. The Kier molecular flexibility index (Phi) is 6.08. The smallest absolute Gasteiger partial charge is 0.224 e. The number of carbonyl (C=O) groups excluding carboxylic acids is 1. The minimum atomic E-state index is -0.0166. The van der Waals surface area contributed by atoms with Crippen molar-refractivity contribution in [1.82, 2.24) is 5.32 Å². The van der Waals surface area contributed by atoms with Gasteiger partial charge in [-0.1, -0.05) is 39.7 Å². The van der Waals surface area contributed by atoms with Crippen LogP contribution in [0, 0.1) is 0 Å². The highest BCUT2D eigenvalue weighted by molar-refractivity contribution is 9.10. The van der Waals surface area contributed by atoms with Gasteiger partial charge in [-0.05, 0) is 42.0 Å². The zero-order valence-electron chi connectivity index (χ0n) is 11.3. The molecule has 1 amide bonds. The average molecular weight is 369 g/mol. The second-order valence-electron chi connectivity index (χ2n) is 4.46. The summed E-state index contributed by atoms with van der Waals surface area (Å²) in [6.45, 7) is 0.895. The molecule has 0 aliphatic rings. The van der Waals surface area contributed by atoms with Crippen LogP contribution in [0.2, 0.25) is 5.02 Å². The molecule has 0 atom stereocenters. The standard InChI is InChI=1S/C16H15BrClNO2/c17-13-3-1-12(2-4-13)11-16(20)19-9-10-21-15-7-5-14(18)6-8-15/h1-8H,9-11H2,(H,19,20). The van der Waals surface area contributed by atoms with Gasteiger partial charge < -0.3 is 10.1 Å². The van der Waals surface area contributed by atoms with Gasteiger partial charge in [-0.2, -0.15) is 0 Å². The SMILES string of the molecule is O=C(Cc1ccc(Br)cc1)NCCOc1ccc(Cl)cc1. The molecule has 0 saturated heterocycles. The first-order valence-electron chi connectivity index (χ1n) is 6.53. The molecule has 3 nitrogen and oxygen atoms in total. The minimum absolute atomic E-state index is 0.0166. The van der Waals surface area contributed by atoms with E-state index in [0.29, 0.717) is 24.6 Å². The molecule has 0 saturated carbocycles. The first-order valence-corrected chi connectivity index (χ1v) is 7.70. The lowest BCUT2D eigenvalue weighted by Gasteiger charge is -2.08. The van der Waals surface area contributed by atoms with Gasteiger partial charge in [0.1, 0.15) is 12.4 Å². The number of hydrogen-bond donors (Lipinski definition) is 1. The van der Waals surface area contributed by atoms with E-state index in [0.717, 1.165) is 15.8 Å². The van der Waals surface area contributed by atoms with Crippen LogP contribution in [0.3, 0.4) is 0 Å². The monoisotopic (exact) mass is 367 g/mol. The van der Waals surface area contributed by atoms with Crippen molar-refractivity contribution in [1.29, 1.82) is 0 Å². The summed E-state index contributed by atoms with van der Waals surface area (Å²) in [4.78, 5) is 11.8. The molecule has 0 radical (unpaired) electrons. The average Bonchev–Trinajstić information content (AvgIpc) is 2.48. The number of ether oxygens (including phenoxy) is 1. The van der Waals surface area contributed by atoms with E-state index in [1.807, 2.05) is 24.3 Å². The number of rotatable bonds is 6. The third-order valence-electron chi connectivity index (χ3n) is 2.78. The minimum Gasteiger partial charge on any atom is -0.492 e. The quantitative estimate of drug-likeness (QED) is 0.787. The fraction of sp³-hybridized carbons (Fsp3) is 0.188. The van der Waals surface area contributed by atoms with Crippen LogP contribution in [0.15, 0.2) is 53.0 Å². The third kappa shape index (κ3) is 5.78. The van der Waals surface area contributed by atoms with Gasteiger partial charge in [0, 0.05) is 9.50 Å². The van der Waals surface area contributed by atoms with Gasteiger partial charge >= 0.3 is 0 Å². The Labute approximate surface area is 137 Å². The van der Waals surface area contributed by atoms with Crippen LogP contribution in [0.5, 0.6) is 5.75 Å². The topological polar surface area (TPSA) is 38.3 Å². The Balaban J connectivity index is 1.67. The number of nitrogens with one attached hydrogen (secondary N) is 1. The summed E-state index contributed by atoms with van der Waals surface area (Å²) in [6.07, 6.45) is 0.369. The lowest BCUT2D eigenvalue weighted by molar-refractivity contribution is -0.120. The van der Waals surface area contributed by atoms with Gasteiger partial charge in [-0.3, -0.25) is 4.79 Å². The summed E-state index contributed by atoms with van der Waals surface area (Å²) in [7, 11) is 0. The predicted molar refractivity (Wildman–Crippen MR) is 87.8 cm³/mol. The van der Waals surface area contributed by atoms with Crippen LogP contribution in [-0.2, 0) is 11.2 Å². The summed E-state index contributed by atoms with van der Waals surface area (Å²) in [6, 6.07) is 14.8. The van der Waals surface area contributed by atoms with Gasteiger partial charge in [0.2, 0.25) is 5.91 Å². The number of hydrogen-bond acceptors (Lipinski definition) is 2. The maximum atomic E-state index is 11.8. The maximum absolute atomic E-state index is 11.8. The van der Waals surface area contributed by atoms with Crippen LogP contribution in [0.1, 0.15) is 5.56 Å². The molecule has 5 heteroatoms. The van der Waals surface area contributed by atoms with E-state index in [1.54, 1.807) is 24.3 Å². The van der Waals surface area contributed by atoms with Crippen molar-refractivity contribution in [3.8, 4) is 5.75 Å². The Morgan fingerprint density at radius 2 is 1.76 bits per heavy atom. The Morgan fingerprint density at radius 1 is 1.10 bits per heavy atom. The van der Waals surface area contributed by atoms with E-state index >= 15 is 0 Å². The van der Waals surface area contributed by atoms with Crippen molar-refractivity contribution >= 4 is 33.4 Å². The van der Waals surface area contributed by atoms with Crippen LogP contribution in [0.4, 0.5) is 0 Å². The summed E-state index contributed by atoms with van der Waals surface area (Å²) in [5.74, 6) is 0.721. The lowest BCUT2D eigenvalue weighted by Crippen LogP contribution is -2.29. The summed E-state index contributed by atoms with van der Waals surface area (Å²) in [5.41, 5.74) is 0.981. The van der Waals surface area contributed by atoms with Crippen molar-refractivity contribution in [2.75, 3.05) is 13.2 Å². The van der Waals surface area contributed by atoms with Crippen LogP contribution < -0.4 is 10.1 Å². The molecule has 110 valence electrons. The predicted octanol–water partition coefficient (Wildman–Crippen LogP) is 3.84. The van der Waals surface area contributed by atoms with Gasteiger partial charge in [-0.25, -0.2) is 0 Å². The van der Waals surface area contributed by atoms with Gasteiger partial charge in [0.05, 0.1) is 13.0 Å². The van der Waals surface area contributed by atoms with Crippen LogP contribution >= 0.6 is 27.5 Å².